The van der Waals surface area contributed by atoms with Gasteiger partial charge in [0.1, 0.15) is 46.4 Å². The molecule has 1 spiro atoms. The highest BCUT2D eigenvalue weighted by atomic mass is 16.6. The number of ether oxygens (including phenoxy) is 2. The second kappa shape index (κ2) is 7.96. The Bertz CT molecular complexity index is 1590. The summed E-state index contributed by atoms with van der Waals surface area (Å²) in [5.74, 6) is -1.14. The van der Waals surface area contributed by atoms with Crippen LogP contribution in [0, 0.1) is 0 Å². The number of carbonyl (C=O) groups is 1. The molecule has 0 radical (unpaired) electrons. The normalized spacial score (nSPS) is 19.6. The van der Waals surface area contributed by atoms with E-state index in [9.17, 15) is 30.3 Å². The fourth-order valence-electron chi connectivity index (χ4n) is 5.16. The third-order valence-electron chi connectivity index (χ3n) is 6.68. The lowest BCUT2D eigenvalue weighted by molar-refractivity contribution is -0.139. The molecule has 0 fully saturated rings. The highest BCUT2D eigenvalue weighted by molar-refractivity contribution is 6.00. The Labute approximate surface area is 210 Å². The SMILES string of the molecule is O=C1Oc2cc(O)cc(/C=C/c3ccc(O)cc3)c2[C@@]12c1c(O)cc(O)cc1O[C@@H]2c1ccc(O)cc1. The first-order chi connectivity index (χ1) is 17.8. The van der Waals surface area contributed by atoms with Crippen molar-refractivity contribution < 1.29 is 39.8 Å². The Morgan fingerprint density at radius 2 is 1.30 bits per heavy atom. The van der Waals surface area contributed by atoms with E-state index in [1.165, 1.54) is 42.5 Å². The minimum absolute atomic E-state index is 0.0191. The van der Waals surface area contributed by atoms with Crippen molar-refractivity contribution in [2.45, 2.75) is 11.5 Å². The molecule has 4 aromatic carbocycles. The number of rotatable bonds is 3. The van der Waals surface area contributed by atoms with Crippen LogP contribution in [-0.4, -0.2) is 31.5 Å². The second-order valence-corrected chi connectivity index (χ2v) is 8.96. The monoisotopic (exact) mass is 496 g/mol. The quantitative estimate of drug-likeness (QED) is 0.156. The molecule has 0 aromatic heterocycles. The van der Waals surface area contributed by atoms with Gasteiger partial charge in [0.25, 0.3) is 0 Å². The van der Waals surface area contributed by atoms with Crippen LogP contribution in [0.15, 0.2) is 72.8 Å². The molecule has 0 aliphatic carbocycles. The Morgan fingerprint density at radius 3 is 2.00 bits per heavy atom. The van der Waals surface area contributed by atoms with E-state index in [0.29, 0.717) is 16.7 Å². The maximum Gasteiger partial charge on any atom is 0.331 e. The number of benzene rings is 4. The van der Waals surface area contributed by atoms with Gasteiger partial charge in [0.2, 0.25) is 0 Å². The van der Waals surface area contributed by atoms with Crippen molar-refractivity contribution >= 4 is 18.1 Å². The number of esters is 1. The molecule has 2 heterocycles. The molecule has 0 unspecified atom stereocenters. The molecule has 5 N–H and O–H groups in total. The predicted molar refractivity (Wildman–Crippen MR) is 133 cm³/mol. The highest BCUT2D eigenvalue weighted by Crippen LogP contribution is 2.63. The summed E-state index contributed by atoms with van der Waals surface area (Å²) in [5, 5.41) is 51.0. The third kappa shape index (κ3) is 3.34. The lowest BCUT2D eigenvalue weighted by Gasteiger charge is -2.29. The summed E-state index contributed by atoms with van der Waals surface area (Å²) in [7, 11) is 0. The van der Waals surface area contributed by atoms with Gasteiger partial charge in [-0.05, 0) is 47.0 Å². The lowest BCUT2D eigenvalue weighted by atomic mass is 9.68. The first kappa shape index (κ1) is 22.4. The maximum atomic E-state index is 13.8. The maximum absolute atomic E-state index is 13.8. The number of fused-ring (bicyclic) bond motifs is 4. The Kier molecular flexibility index (Phi) is 4.81. The van der Waals surface area contributed by atoms with Crippen molar-refractivity contribution in [3.63, 3.8) is 0 Å². The standard InChI is InChI=1S/C29H20O8/c30-18-7-2-15(3-8-18)1-4-17-11-20(32)13-23-25(17)29(28(35)37-23)26-22(34)12-21(33)14-24(26)36-27(29)16-5-9-19(31)10-6-16/h1-14,27,30-34H/b4-1+/t27-,29+/m1/s1. The van der Waals surface area contributed by atoms with Crippen molar-refractivity contribution in [3.8, 4) is 40.2 Å². The predicted octanol–water partition coefficient (Wildman–Crippen LogP) is 4.72. The summed E-state index contributed by atoms with van der Waals surface area (Å²) in [6.07, 6.45) is 2.40. The number of phenolic OH excluding ortho intramolecular Hbond substituents is 5. The van der Waals surface area contributed by atoms with Crippen LogP contribution >= 0.6 is 0 Å². The first-order valence-corrected chi connectivity index (χ1v) is 11.4. The summed E-state index contributed by atoms with van der Waals surface area (Å²) < 4.78 is 11.9. The van der Waals surface area contributed by atoms with Gasteiger partial charge in [-0.1, -0.05) is 36.4 Å². The fraction of sp³-hybridized carbons (Fsp3) is 0.0690. The van der Waals surface area contributed by atoms with Gasteiger partial charge in [0, 0.05) is 23.8 Å². The molecule has 8 heteroatoms. The summed E-state index contributed by atoms with van der Waals surface area (Å²) in [6.45, 7) is 0. The van der Waals surface area contributed by atoms with Crippen LogP contribution in [0.2, 0.25) is 0 Å². The van der Waals surface area contributed by atoms with Crippen molar-refractivity contribution in [2.75, 3.05) is 0 Å². The molecule has 2 aliphatic heterocycles. The molecule has 0 bridgehead atoms. The van der Waals surface area contributed by atoms with E-state index in [2.05, 4.69) is 0 Å². The molecule has 8 nitrogen and oxygen atoms in total. The molecule has 0 saturated carbocycles. The first-order valence-electron chi connectivity index (χ1n) is 11.4. The molecule has 184 valence electrons. The van der Waals surface area contributed by atoms with Crippen molar-refractivity contribution in [1.29, 1.82) is 0 Å². The summed E-state index contributed by atoms with van der Waals surface area (Å²) in [5.41, 5.74) is 0.489. The minimum Gasteiger partial charge on any atom is -0.508 e. The van der Waals surface area contributed by atoms with Gasteiger partial charge < -0.3 is 35.0 Å². The van der Waals surface area contributed by atoms with Crippen LogP contribution in [0.4, 0.5) is 0 Å². The van der Waals surface area contributed by atoms with Gasteiger partial charge >= 0.3 is 5.97 Å². The van der Waals surface area contributed by atoms with Gasteiger partial charge in [0.05, 0.1) is 5.56 Å². The summed E-state index contributed by atoms with van der Waals surface area (Å²) in [4.78, 5) is 13.8. The number of carbonyl (C=O) groups excluding carboxylic acids is 1. The largest absolute Gasteiger partial charge is 0.508 e. The molecule has 4 aromatic rings. The number of hydrogen-bond acceptors (Lipinski definition) is 8. The molecule has 37 heavy (non-hydrogen) atoms. The highest BCUT2D eigenvalue weighted by Gasteiger charge is 2.64. The van der Waals surface area contributed by atoms with E-state index in [0.717, 1.165) is 11.6 Å². The Morgan fingerprint density at radius 1 is 0.676 bits per heavy atom. The van der Waals surface area contributed by atoms with E-state index in [4.69, 9.17) is 9.47 Å². The van der Waals surface area contributed by atoms with Crippen LogP contribution < -0.4 is 9.47 Å². The molecule has 2 atom stereocenters. The van der Waals surface area contributed by atoms with Gasteiger partial charge in [0.15, 0.2) is 5.41 Å². The van der Waals surface area contributed by atoms with E-state index in [1.54, 1.807) is 36.4 Å². The van der Waals surface area contributed by atoms with Crippen LogP contribution in [0.1, 0.15) is 33.9 Å². The van der Waals surface area contributed by atoms with Crippen LogP contribution in [-0.2, 0) is 10.2 Å². The molecule has 2 aliphatic rings. The fourth-order valence-corrected chi connectivity index (χ4v) is 5.16. The number of hydrogen-bond donors (Lipinski definition) is 5. The molecule has 0 amide bonds. The van der Waals surface area contributed by atoms with Gasteiger partial charge in [-0.15, -0.1) is 0 Å². The van der Waals surface area contributed by atoms with Gasteiger partial charge in [-0.25, -0.2) is 0 Å². The van der Waals surface area contributed by atoms with Crippen LogP contribution in [0.5, 0.6) is 40.2 Å². The molecule has 6 rings (SSSR count). The average Bonchev–Trinajstić information content (AvgIpc) is 3.34. The van der Waals surface area contributed by atoms with Crippen molar-refractivity contribution in [3.05, 3.63) is 101 Å². The van der Waals surface area contributed by atoms with E-state index < -0.39 is 17.5 Å². The molecule has 0 saturated heterocycles. The molecular weight excluding hydrogens is 476 g/mol. The van der Waals surface area contributed by atoms with E-state index in [-0.39, 0.29) is 45.8 Å². The third-order valence-corrected chi connectivity index (χ3v) is 6.68. The van der Waals surface area contributed by atoms with E-state index >= 15 is 0 Å². The summed E-state index contributed by atoms with van der Waals surface area (Å²) in [6, 6.07) is 17.8. The Balaban J connectivity index is 1.63. The second-order valence-electron chi connectivity index (χ2n) is 8.96. The van der Waals surface area contributed by atoms with Gasteiger partial charge in [-0.2, -0.15) is 0 Å². The average molecular weight is 496 g/mol. The van der Waals surface area contributed by atoms with Crippen molar-refractivity contribution in [1.82, 2.24) is 0 Å². The molecular formula is C29H20O8. The topological polar surface area (TPSA) is 137 Å². The zero-order valence-electron chi connectivity index (χ0n) is 19.1. The minimum atomic E-state index is -1.69. The Hall–Kier alpha value is -5.11. The zero-order chi connectivity index (χ0) is 25.9. The zero-order valence-corrected chi connectivity index (χ0v) is 19.1. The summed E-state index contributed by atoms with van der Waals surface area (Å²) >= 11 is 0. The van der Waals surface area contributed by atoms with Crippen molar-refractivity contribution in [2.24, 2.45) is 0 Å². The van der Waals surface area contributed by atoms with Gasteiger partial charge in [-0.3, -0.25) is 4.79 Å². The van der Waals surface area contributed by atoms with E-state index in [1.807, 2.05) is 0 Å². The number of aromatic hydroxyl groups is 5. The van der Waals surface area contributed by atoms with Crippen LogP contribution in [0.3, 0.4) is 0 Å². The number of phenols is 5. The lowest BCUT2D eigenvalue weighted by Crippen LogP contribution is -2.40. The van der Waals surface area contributed by atoms with Crippen LogP contribution in [0.25, 0.3) is 12.2 Å². The smallest absolute Gasteiger partial charge is 0.331 e.